The van der Waals surface area contributed by atoms with E-state index in [1.165, 1.54) is 24.8 Å². The first-order chi connectivity index (χ1) is 17.3. The minimum absolute atomic E-state index is 0.0234. The minimum Gasteiger partial charge on any atom is -0.462 e. The molecule has 7 nitrogen and oxygen atoms in total. The molecule has 0 amide bonds. The van der Waals surface area contributed by atoms with Gasteiger partial charge in [0.2, 0.25) is 5.43 Å². The topological polar surface area (TPSA) is 85.8 Å². The number of hydrogen-bond acceptors (Lipinski definition) is 6. The Hall–Kier alpha value is -3.32. The zero-order chi connectivity index (χ0) is 25.1. The SMILES string of the molecule is Cc1nc(CNC2(C)CCC2)cc2c(=O)c(-c3cccc(C4(c5nncn5C)CC(C)C4)c3)coc12. The van der Waals surface area contributed by atoms with E-state index in [1.54, 1.807) is 12.6 Å². The van der Waals surface area contributed by atoms with Crippen molar-refractivity contribution in [3.05, 3.63) is 75.9 Å². The highest BCUT2D eigenvalue weighted by atomic mass is 16.3. The number of rotatable bonds is 6. The minimum atomic E-state index is -0.186. The van der Waals surface area contributed by atoms with Crippen molar-refractivity contribution < 1.29 is 4.42 Å². The highest BCUT2D eigenvalue weighted by molar-refractivity contribution is 5.83. The first kappa shape index (κ1) is 23.1. The van der Waals surface area contributed by atoms with Gasteiger partial charge in [-0.1, -0.05) is 25.1 Å². The number of nitrogens with zero attached hydrogens (tertiary/aromatic N) is 4. The summed E-state index contributed by atoms with van der Waals surface area (Å²) in [5, 5.41) is 12.8. The third kappa shape index (κ3) is 3.68. The quantitative estimate of drug-likeness (QED) is 0.414. The Morgan fingerprint density at radius 3 is 2.69 bits per heavy atom. The van der Waals surface area contributed by atoms with E-state index in [-0.39, 0.29) is 16.4 Å². The molecule has 0 aliphatic heterocycles. The number of benzene rings is 1. The fourth-order valence-corrected chi connectivity index (χ4v) is 6.22. The zero-order valence-corrected chi connectivity index (χ0v) is 21.5. The number of fused-ring (bicyclic) bond motifs is 1. The molecule has 1 aromatic carbocycles. The van der Waals surface area contributed by atoms with Crippen molar-refractivity contribution >= 4 is 11.0 Å². The molecular formula is C29H33N5O2. The van der Waals surface area contributed by atoms with Gasteiger partial charge in [0.25, 0.3) is 0 Å². The van der Waals surface area contributed by atoms with Crippen LogP contribution in [0, 0.1) is 12.8 Å². The summed E-state index contributed by atoms with van der Waals surface area (Å²) in [7, 11) is 2.00. The Bertz CT molecular complexity index is 1510. The van der Waals surface area contributed by atoms with Crippen LogP contribution in [0.1, 0.15) is 68.7 Å². The predicted octanol–water partition coefficient (Wildman–Crippen LogP) is 5.04. The Morgan fingerprint density at radius 1 is 1.22 bits per heavy atom. The van der Waals surface area contributed by atoms with Crippen molar-refractivity contribution in [1.29, 1.82) is 0 Å². The van der Waals surface area contributed by atoms with E-state index >= 15 is 0 Å². The second-order valence-corrected chi connectivity index (χ2v) is 11.3. The van der Waals surface area contributed by atoms with E-state index in [4.69, 9.17) is 9.40 Å². The molecule has 0 saturated heterocycles. The number of pyridine rings is 1. The van der Waals surface area contributed by atoms with Gasteiger partial charge in [0.05, 0.1) is 27.8 Å². The second-order valence-electron chi connectivity index (χ2n) is 11.3. The summed E-state index contributed by atoms with van der Waals surface area (Å²) in [5.41, 5.74) is 4.73. The molecule has 36 heavy (non-hydrogen) atoms. The average Bonchev–Trinajstić information content (AvgIpc) is 3.26. The monoisotopic (exact) mass is 483 g/mol. The van der Waals surface area contributed by atoms with Crippen LogP contribution in [0.3, 0.4) is 0 Å². The molecule has 7 heteroatoms. The standard InChI is InChI=1S/C29H33N5O2/c1-18-13-29(14-18,27-33-31-17-34(27)4)21-8-5-7-20(11-21)24-16-36-26-19(2)32-22(12-23(26)25(24)35)15-30-28(3)9-6-10-28/h5,7-8,11-12,16-18,30H,6,9-10,13-15H2,1-4H3. The summed E-state index contributed by atoms with van der Waals surface area (Å²) in [6.45, 7) is 7.07. The number of hydrogen-bond donors (Lipinski definition) is 1. The van der Waals surface area contributed by atoms with Crippen LogP contribution in [0.25, 0.3) is 22.1 Å². The maximum atomic E-state index is 13.7. The van der Waals surface area contributed by atoms with Crippen LogP contribution in [0.15, 0.2) is 52.1 Å². The summed E-state index contributed by atoms with van der Waals surface area (Å²) in [6, 6.07) is 10.2. The van der Waals surface area contributed by atoms with Crippen molar-refractivity contribution in [1.82, 2.24) is 25.1 Å². The smallest absolute Gasteiger partial charge is 0.200 e. The molecular weight excluding hydrogens is 450 g/mol. The molecule has 0 unspecified atom stereocenters. The maximum absolute atomic E-state index is 13.7. The molecule has 2 aliphatic carbocycles. The largest absolute Gasteiger partial charge is 0.462 e. The fraction of sp³-hybridized carbons (Fsp3) is 0.448. The third-order valence-electron chi connectivity index (χ3n) is 8.39. The molecule has 2 saturated carbocycles. The van der Waals surface area contributed by atoms with Crippen LogP contribution in [-0.4, -0.2) is 25.3 Å². The van der Waals surface area contributed by atoms with Crippen molar-refractivity contribution in [2.45, 2.75) is 70.4 Å². The van der Waals surface area contributed by atoms with Gasteiger partial charge < -0.3 is 14.3 Å². The van der Waals surface area contributed by atoms with Gasteiger partial charge in [-0.05, 0) is 75.1 Å². The van der Waals surface area contributed by atoms with Crippen LogP contribution in [0.5, 0.6) is 0 Å². The van der Waals surface area contributed by atoms with E-state index < -0.39 is 0 Å². The van der Waals surface area contributed by atoms with Gasteiger partial charge in [-0.25, -0.2) is 0 Å². The summed E-state index contributed by atoms with van der Waals surface area (Å²) in [4.78, 5) is 18.5. The van der Waals surface area contributed by atoms with Gasteiger partial charge in [0.15, 0.2) is 5.58 Å². The first-order valence-electron chi connectivity index (χ1n) is 12.9. The van der Waals surface area contributed by atoms with Crippen molar-refractivity contribution in [3.63, 3.8) is 0 Å². The van der Waals surface area contributed by atoms with Gasteiger partial charge in [0.1, 0.15) is 18.4 Å². The highest BCUT2D eigenvalue weighted by Crippen LogP contribution is 2.51. The Labute approximate surface area is 211 Å². The molecule has 4 aromatic rings. The lowest BCUT2D eigenvalue weighted by atomic mass is 9.58. The van der Waals surface area contributed by atoms with Gasteiger partial charge in [-0.3, -0.25) is 9.78 Å². The van der Waals surface area contributed by atoms with Crippen molar-refractivity contribution in [2.24, 2.45) is 13.0 Å². The van der Waals surface area contributed by atoms with E-state index in [0.29, 0.717) is 29.0 Å². The summed E-state index contributed by atoms with van der Waals surface area (Å²) in [6.07, 6.45) is 8.98. The molecule has 2 aliphatic rings. The summed E-state index contributed by atoms with van der Waals surface area (Å²) < 4.78 is 8.02. The number of nitrogens with one attached hydrogen (secondary N) is 1. The second kappa shape index (κ2) is 8.37. The van der Waals surface area contributed by atoms with Crippen LogP contribution in [-0.2, 0) is 19.0 Å². The fourth-order valence-electron chi connectivity index (χ4n) is 6.22. The zero-order valence-electron chi connectivity index (χ0n) is 21.5. The highest BCUT2D eigenvalue weighted by Gasteiger charge is 2.48. The number of aromatic nitrogens is 4. The van der Waals surface area contributed by atoms with E-state index in [9.17, 15) is 4.79 Å². The maximum Gasteiger partial charge on any atom is 0.200 e. The van der Waals surface area contributed by atoms with Crippen LogP contribution in [0.2, 0.25) is 0 Å². The Balaban J connectivity index is 1.40. The van der Waals surface area contributed by atoms with Gasteiger partial charge in [-0.2, -0.15) is 0 Å². The lowest BCUT2D eigenvalue weighted by Crippen LogP contribution is -2.47. The lowest BCUT2D eigenvalue weighted by Gasteiger charge is -2.46. The molecule has 3 aromatic heterocycles. The summed E-state index contributed by atoms with van der Waals surface area (Å²) in [5.74, 6) is 1.59. The molecule has 0 spiro atoms. The normalized spacial score (nSPS) is 22.8. The molecule has 186 valence electrons. The van der Waals surface area contributed by atoms with Crippen LogP contribution >= 0.6 is 0 Å². The van der Waals surface area contributed by atoms with E-state index in [0.717, 1.165) is 35.6 Å². The van der Waals surface area contributed by atoms with E-state index in [1.807, 2.05) is 36.7 Å². The molecule has 0 bridgehead atoms. The average molecular weight is 484 g/mol. The molecule has 6 rings (SSSR count). The van der Waals surface area contributed by atoms with Gasteiger partial charge in [-0.15, -0.1) is 10.2 Å². The summed E-state index contributed by atoms with van der Waals surface area (Å²) >= 11 is 0. The van der Waals surface area contributed by atoms with Gasteiger partial charge in [0, 0.05) is 19.1 Å². The first-order valence-corrected chi connectivity index (χ1v) is 12.9. The van der Waals surface area contributed by atoms with E-state index in [2.05, 4.69) is 41.5 Å². The molecule has 2 fully saturated rings. The van der Waals surface area contributed by atoms with Crippen LogP contribution < -0.4 is 10.7 Å². The Kier molecular flexibility index (Phi) is 5.37. The van der Waals surface area contributed by atoms with Crippen LogP contribution in [0.4, 0.5) is 0 Å². The molecule has 1 N–H and O–H groups in total. The lowest BCUT2D eigenvalue weighted by molar-refractivity contribution is 0.185. The Morgan fingerprint density at radius 2 is 2.03 bits per heavy atom. The third-order valence-corrected chi connectivity index (χ3v) is 8.39. The molecule has 0 atom stereocenters. The number of aryl methyl sites for hydroxylation is 2. The van der Waals surface area contributed by atoms with Gasteiger partial charge >= 0.3 is 0 Å². The van der Waals surface area contributed by atoms with Crippen molar-refractivity contribution in [3.8, 4) is 11.1 Å². The molecule has 3 heterocycles. The predicted molar refractivity (Wildman–Crippen MR) is 140 cm³/mol. The molecule has 0 radical (unpaired) electrons. The van der Waals surface area contributed by atoms with Crippen molar-refractivity contribution in [2.75, 3.05) is 0 Å².